The smallest absolute Gasteiger partial charge is 0.325 e. The van der Waals surface area contributed by atoms with Crippen LogP contribution in [0.4, 0.5) is 5.69 Å². The Bertz CT molecular complexity index is 1070. The molecule has 1 aliphatic heterocycles. The van der Waals surface area contributed by atoms with Crippen molar-refractivity contribution >= 4 is 33.5 Å². The lowest BCUT2D eigenvalue weighted by Gasteiger charge is -2.15. The van der Waals surface area contributed by atoms with Crippen LogP contribution in [0.3, 0.4) is 0 Å². The molecule has 2 amide bonds. The van der Waals surface area contributed by atoms with Crippen LogP contribution in [0.2, 0.25) is 0 Å². The van der Waals surface area contributed by atoms with Crippen molar-refractivity contribution in [1.29, 1.82) is 0 Å². The Hall–Kier alpha value is -3.18. The first-order chi connectivity index (χ1) is 14.7. The summed E-state index contributed by atoms with van der Waals surface area (Å²) in [5.74, 6) is -0.954. The van der Waals surface area contributed by atoms with Gasteiger partial charge >= 0.3 is 5.97 Å². The monoisotopic (exact) mass is 449 g/mol. The van der Waals surface area contributed by atoms with Gasteiger partial charge in [0.1, 0.15) is 18.9 Å². The maximum Gasteiger partial charge on any atom is 0.325 e. The van der Waals surface area contributed by atoms with Gasteiger partial charge in [0, 0.05) is 38.3 Å². The minimum atomic E-state index is -3.71. The molecule has 0 radical (unpaired) electrons. The number of rotatable bonds is 8. The Morgan fingerprint density at radius 2 is 1.87 bits per heavy atom. The number of carbonyl (C=O) groups is 3. The van der Waals surface area contributed by atoms with Crippen molar-refractivity contribution in [3.8, 4) is 0 Å². The summed E-state index contributed by atoms with van der Waals surface area (Å²) in [7, 11) is -0.962. The first kappa shape index (κ1) is 22.5. The Morgan fingerprint density at radius 3 is 2.48 bits per heavy atom. The minimum Gasteiger partial charge on any atom is -0.456 e. The highest BCUT2D eigenvalue weighted by Gasteiger charge is 2.23. The van der Waals surface area contributed by atoms with E-state index in [1.807, 2.05) is 0 Å². The molecule has 1 N–H and O–H groups in total. The third kappa shape index (κ3) is 5.30. The number of ether oxygens (including phenoxy) is 1. The van der Waals surface area contributed by atoms with Crippen molar-refractivity contribution in [3.63, 3.8) is 0 Å². The third-order valence-electron chi connectivity index (χ3n) is 4.66. The van der Waals surface area contributed by atoms with E-state index in [4.69, 9.17) is 9.15 Å². The highest BCUT2D eigenvalue weighted by molar-refractivity contribution is 7.88. The van der Waals surface area contributed by atoms with Crippen LogP contribution < -0.4 is 10.2 Å². The average Bonchev–Trinajstić information content (AvgIpc) is 3.40. The van der Waals surface area contributed by atoms with Crippen molar-refractivity contribution in [2.45, 2.75) is 24.5 Å². The molecule has 2 aromatic rings. The number of benzene rings is 1. The predicted octanol–water partition coefficient (Wildman–Crippen LogP) is 1.13. The zero-order valence-electron chi connectivity index (χ0n) is 17.2. The molecule has 0 bridgehead atoms. The number of sulfonamides is 1. The number of nitrogens with zero attached hydrogens (tertiary/aromatic N) is 2. The predicted molar refractivity (Wildman–Crippen MR) is 110 cm³/mol. The van der Waals surface area contributed by atoms with Gasteiger partial charge in [-0.15, -0.1) is 0 Å². The van der Waals surface area contributed by atoms with Crippen molar-refractivity contribution in [3.05, 3.63) is 47.7 Å². The number of furan rings is 1. The molecular weight excluding hydrogens is 426 g/mol. The first-order valence-electron chi connectivity index (χ1n) is 9.54. The Kier molecular flexibility index (Phi) is 6.76. The molecule has 1 aromatic carbocycles. The van der Waals surface area contributed by atoms with Gasteiger partial charge in [-0.25, -0.2) is 12.7 Å². The van der Waals surface area contributed by atoms with Gasteiger partial charge in [-0.3, -0.25) is 14.4 Å². The summed E-state index contributed by atoms with van der Waals surface area (Å²) in [5.41, 5.74) is 1.07. The van der Waals surface area contributed by atoms with Crippen LogP contribution in [0.5, 0.6) is 0 Å². The Morgan fingerprint density at radius 1 is 1.16 bits per heavy atom. The van der Waals surface area contributed by atoms with E-state index in [2.05, 4.69) is 5.32 Å². The highest BCUT2D eigenvalue weighted by Crippen LogP contribution is 2.21. The summed E-state index contributed by atoms with van der Waals surface area (Å²) < 4.78 is 35.1. The summed E-state index contributed by atoms with van der Waals surface area (Å²) >= 11 is 0. The highest BCUT2D eigenvalue weighted by atomic mass is 32.2. The van der Waals surface area contributed by atoms with E-state index in [1.54, 1.807) is 29.2 Å². The quantitative estimate of drug-likeness (QED) is 0.599. The standard InChI is InChI=1S/C20H23N3O7S/c1-22(2)31(27,28)19-10-9-16(30-19)13-29-18(25)12-21-20(26)14-5-7-15(8-6-14)23-11-3-4-17(23)24/h5-10H,3-4,11-13H2,1-2H3,(H,21,26). The molecule has 3 rings (SSSR count). The molecule has 166 valence electrons. The van der Waals surface area contributed by atoms with Crippen molar-refractivity contribution < 1.29 is 32.0 Å². The Labute approximate surface area is 179 Å². The molecule has 10 nitrogen and oxygen atoms in total. The SMILES string of the molecule is CN(C)S(=O)(=O)c1ccc(COC(=O)CNC(=O)c2ccc(N3CCCC3=O)cc2)o1. The van der Waals surface area contributed by atoms with Crippen molar-refractivity contribution in [2.24, 2.45) is 0 Å². The van der Waals surface area contributed by atoms with Crippen LogP contribution in [0, 0.1) is 0 Å². The van der Waals surface area contributed by atoms with Crippen LogP contribution in [-0.4, -0.2) is 57.7 Å². The second-order valence-corrected chi connectivity index (χ2v) is 9.13. The molecular formula is C20H23N3O7S. The maximum atomic E-state index is 12.2. The summed E-state index contributed by atoms with van der Waals surface area (Å²) in [6.07, 6.45) is 1.34. The van der Waals surface area contributed by atoms with Gasteiger partial charge in [-0.05, 0) is 42.8 Å². The van der Waals surface area contributed by atoms with Crippen molar-refractivity contribution in [2.75, 3.05) is 32.1 Å². The Balaban J connectivity index is 1.47. The van der Waals surface area contributed by atoms with Crippen LogP contribution in [0.1, 0.15) is 29.0 Å². The zero-order valence-corrected chi connectivity index (χ0v) is 18.0. The van der Waals surface area contributed by atoms with E-state index < -0.39 is 21.9 Å². The van der Waals surface area contributed by atoms with E-state index in [0.29, 0.717) is 18.5 Å². The molecule has 0 unspecified atom stereocenters. The largest absolute Gasteiger partial charge is 0.456 e. The molecule has 1 saturated heterocycles. The van der Waals surface area contributed by atoms with E-state index >= 15 is 0 Å². The zero-order chi connectivity index (χ0) is 22.6. The number of hydrogen-bond acceptors (Lipinski definition) is 7. The summed E-state index contributed by atoms with van der Waals surface area (Å²) in [4.78, 5) is 37.5. The normalized spacial score (nSPS) is 14.2. The molecule has 11 heteroatoms. The number of hydrogen-bond donors (Lipinski definition) is 1. The lowest BCUT2D eigenvalue weighted by Crippen LogP contribution is -2.30. The second-order valence-electron chi connectivity index (χ2n) is 7.05. The minimum absolute atomic E-state index is 0.0583. The fraction of sp³-hybridized carbons (Fsp3) is 0.350. The molecule has 1 aliphatic rings. The van der Waals surface area contributed by atoms with Gasteiger partial charge in [-0.2, -0.15) is 0 Å². The lowest BCUT2D eigenvalue weighted by atomic mass is 10.2. The van der Waals surface area contributed by atoms with E-state index in [1.165, 1.54) is 26.2 Å². The third-order valence-corrected chi connectivity index (χ3v) is 6.34. The number of anilines is 1. The summed E-state index contributed by atoms with van der Waals surface area (Å²) in [5, 5.41) is 2.20. The van der Waals surface area contributed by atoms with Crippen LogP contribution in [-0.2, 0) is 31.0 Å². The lowest BCUT2D eigenvalue weighted by molar-refractivity contribution is -0.144. The van der Waals surface area contributed by atoms with Gasteiger partial charge < -0.3 is 19.4 Å². The fourth-order valence-corrected chi connectivity index (χ4v) is 3.74. The van der Waals surface area contributed by atoms with Gasteiger partial charge in [0.2, 0.25) is 11.0 Å². The van der Waals surface area contributed by atoms with Gasteiger partial charge in [-0.1, -0.05) is 0 Å². The van der Waals surface area contributed by atoms with Crippen LogP contribution >= 0.6 is 0 Å². The topological polar surface area (TPSA) is 126 Å². The number of amides is 2. The van der Waals surface area contributed by atoms with E-state index in [9.17, 15) is 22.8 Å². The van der Waals surface area contributed by atoms with Gasteiger partial charge in [0.05, 0.1) is 0 Å². The molecule has 0 aliphatic carbocycles. The van der Waals surface area contributed by atoms with E-state index in [-0.39, 0.29) is 29.9 Å². The average molecular weight is 449 g/mol. The number of nitrogens with one attached hydrogen (secondary N) is 1. The fourth-order valence-electron chi connectivity index (χ4n) is 2.93. The maximum absolute atomic E-state index is 12.2. The second kappa shape index (κ2) is 9.31. The van der Waals surface area contributed by atoms with E-state index in [0.717, 1.165) is 16.4 Å². The summed E-state index contributed by atoms with van der Waals surface area (Å²) in [6, 6.07) is 9.21. The molecule has 0 spiro atoms. The first-order valence-corrected chi connectivity index (χ1v) is 11.0. The number of carbonyl (C=O) groups excluding carboxylic acids is 3. The summed E-state index contributed by atoms with van der Waals surface area (Å²) in [6.45, 7) is 0.0272. The van der Waals surface area contributed by atoms with Crippen LogP contribution in [0.15, 0.2) is 45.9 Å². The molecule has 2 heterocycles. The van der Waals surface area contributed by atoms with Crippen molar-refractivity contribution in [1.82, 2.24) is 9.62 Å². The molecule has 1 fully saturated rings. The molecule has 0 atom stereocenters. The number of esters is 1. The molecule has 0 saturated carbocycles. The molecule has 1 aromatic heterocycles. The molecule has 31 heavy (non-hydrogen) atoms. The van der Waals surface area contributed by atoms with Gasteiger partial charge in [0.15, 0.2) is 0 Å². The van der Waals surface area contributed by atoms with Crippen LogP contribution in [0.25, 0.3) is 0 Å². The van der Waals surface area contributed by atoms with Gasteiger partial charge in [0.25, 0.3) is 15.9 Å².